The lowest BCUT2D eigenvalue weighted by Gasteiger charge is -2.38. The summed E-state index contributed by atoms with van der Waals surface area (Å²) < 4.78 is 17.5. The van der Waals surface area contributed by atoms with Crippen LogP contribution in [0.25, 0.3) is 11.2 Å². The first-order valence-electron chi connectivity index (χ1n) is 20.8. The van der Waals surface area contributed by atoms with Crippen LogP contribution in [-0.2, 0) is 9.59 Å². The van der Waals surface area contributed by atoms with Crippen molar-refractivity contribution in [1.82, 2.24) is 44.9 Å². The zero-order chi connectivity index (χ0) is 40.8. The summed E-state index contributed by atoms with van der Waals surface area (Å²) in [6, 6.07) is 7.20. The Labute approximate surface area is 340 Å². The molecule has 7 heterocycles. The number of carbonyl (C=O) groups is 5. The Kier molecular flexibility index (Phi) is 10.5. The average Bonchev–Trinajstić information content (AvgIpc) is 3.74. The molecule has 0 radical (unpaired) electrons. The van der Waals surface area contributed by atoms with Gasteiger partial charge in [-0.1, -0.05) is 6.07 Å². The first-order chi connectivity index (χ1) is 28.6. The average molecular weight is 806 g/mol. The molecule has 4 aromatic rings. The first-order valence-corrected chi connectivity index (χ1v) is 20.8. The van der Waals surface area contributed by atoms with E-state index in [4.69, 9.17) is 0 Å². The molecule has 308 valence electrons. The number of imide groups is 2. The number of nitrogens with zero attached hydrogens (tertiary/aromatic N) is 8. The molecule has 17 heteroatoms. The van der Waals surface area contributed by atoms with Crippen LogP contribution in [0, 0.1) is 24.6 Å². The Morgan fingerprint density at radius 1 is 0.915 bits per heavy atom. The zero-order valence-electron chi connectivity index (χ0n) is 33.0. The molecule has 9 rings (SSSR count). The molecule has 5 aliphatic rings. The lowest BCUT2D eigenvalue weighted by Crippen LogP contribution is -2.54. The molecule has 4 fully saturated rings. The van der Waals surface area contributed by atoms with Crippen molar-refractivity contribution in [3.05, 3.63) is 71.3 Å². The highest BCUT2D eigenvalue weighted by Gasteiger charge is 2.45. The van der Waals surface area contributed by atoms with Crippen LogP contribution in [0.15, 0.2) is 43.0 Å². The van der Waals surface area contributed by atoms with E-state index in [-0.39, 0.29) is 42.0 Å². The molecular formula is C42H48FN11O5. The summed E-state index contributed by atoms with van der Waals surface area (Å²) in [5, 5.41) is 8.80. The minimum Gasteiger partial charge on any atom is -0.369 e. The van der Waals surface area contributed by atoms with E-state index < -0.39 is 35.5 Å². The van der Waals surface area contributed by atoms with Gasteiger partial charge in [0.25, 0.3) is 17.7 Å². The van der Waals surface area contributed by atoms with Crippen LogP contribution < -0.4 is 20.9 Å². The van der Waals surface area contributed by atoms with E-state index in [2.05, 4.69) is 45.4 Å². The fourth-order valence-corrected chi connectivity index (χ4v) is 9.41. The van der Waals surface area contributed by atoms with Gasteiger partial charge in [0.15, 0.2) is 11.5 Å². The molecule has 1 saturated carbocycles. The Hall–Kier alpha value is -5.84. The zero-order valence-corrected chi connectivity index (χ0v) is 33.0. The van der Waals surface area contributed by atoms with E-state index in [0.717, 1.165) is 105 Å². The van der Waals surface area contributed by atoms with Crippen molar-refractivity contribution in [2.45, 2.75) is 82.8 Å². The maximum absolute atomic E-state index is 15.4. The second-order valence-electron chi connectivity index (χ2n) is 16.7. The molecule has 3 aromatic heterocycles. The van der Waals surface area contributed by atoms with E-state index in [1.807, 2.05) is 30.3 Å². The highest BCUT2D eigenvalue weighted by Crippen LogP contribution is 2.36. The van der Waals surface area contributed by atoms with Crippen LogP contribution in [0.3, 0.4) is 0 Å². The molecule has 59 heavy (non-hydrogen) atoms. The van der Waals surface area contributed by atoms with Crippen molar-refractivity contribution in [3.8, 4) is 0 Å². The van der Waals surface area contributed by atoms with Crippen LogP contribution in [0.1, 0.15) is 101 Å². The third-order valence-corrected chi connectivity index (χ3v) is 12.9. The van der Waals surface area contributed by atoms with Gasteiger partial charge in [0, 0.05) is 50.4 Å². The monoisotopic (exact) mass is 805 g/mol. The predicted octanol–water partition coefficient (Wildman–Crippen LogP) is 3.63. The number of piperidine rings is 3. The number of aromatic nitrogens is 5. The van der Waals surface area contributed by atoms with Gasteiger partial charge in [-0.3, -0.25) is 34.2 Å². The number of imidazole rings is 1. The summed E-state index contributed by atoms with van der Waals surface area (Å²) in [5.74, 6) is -1.36. The smallest absolute Gasteiger partial charge is 0.270 e. The van der Waals surface area contributed by atoms with Gasteiger partial charge in [0.05, 0.1) is 23.1 Å². The third kappa shape index (κ3) is 7.75. The molecule has 16 nitrogen and oxygen atoms in total. The van der Waals surface area contributed by atoms with Crippen molar-refractivity contribution in [2.24, 2.45) is 11.8 Å². The molecular weight excluding hydrogens is 758 g/mol. The summed E-state index contributed by atoms with van der Waals surface area (Å²) in [6.45, 7) is 7.02. The number of pyridine rings is 1. The topological polar surface area (TPSA) is 188 Å². The number of likely N-dealkylation sites (tertiary alicyclic amines) is 1. The number of rotatable bonds is 11. The molecule has 1 aromatic carbocycles. The molecule has 0 bridgehead atoms. The molecule has 1 unspecified atom stereocenters. The van der Waals surface area contributed by atoms with Crippen LogP contribution in [0.2, 0.25) is 0 Å². The maximum atomic E-state index is 15.4. The summed E-state index contributed by atoms with van der Waals surface area (Å²) in [7, 11) is 0. The molecule has 5 amide bonds. The number of fused-ring (bicyclic) bond motifs is 2. The molecule has 3 N–H and O–H groups in total. The molecule has 3 saturated heterocycles. The number of anilines is 2. The second-order valence-corrected chi connectivity index (χ2v) is 16.7. The van der Waals surface area contributed by atoms with Crippen molar-refractivity contribution < 1.29 is 28.4 Å². The largest absolute Gasteiger partial charge is 0.369 e. The lowest BCUT2D eigenvalue weighted by atomic mass is 9.86. The van der Waals surface area contributed by atoms with E-state index in [1.165, 1.54) is 6.07 Å². The van der Waals surface area contributed by atoms with Crippen molar-refractivity contribution in [1.29, 1.82) is 0 Å². The molecule has 1 atom stereocenters. The van der Waals surface area contributed by atoms with E-state index in [9.17, 15) is 24.0 Å². The highest BCUT2D eigenvalue weighted by atomic mass is 19.1. The van der Waals surface area contributed by atoms with Crippen molar-refractivity contribution in [3.63, 3.8) is 0 Å². The van der Waals surface area contributed by atoms with Gasteiger partial charge >= 0.3 is 0 Å². The summed E-state index contributed by atoms with van der Waals surface area (Å²) in [4.78, 5) is 86.5. The highest BCUT2D eigenvalue weighted by molar-refractivity contribution is 6.23. The number of hydrogen-bond donors (Lipinski definition) is 3. The van der Waals surface area contributed by atoms with Gasteiger partial charge in [-0.2, -0.15) is 0 Å². The Morgan fingerprint density at radius 3 is 2.41 bits per heavy atom. The minimum atomic E-state index is -1.09. The number of carbonyl (C=O) groups excluding carboxylic acids is 5. The third-order valence-electron chi connectivity index (χ3n) is 12.9. The number of hydrogen-bond acceptors (Lipinski definition) is 12. The van der Waals surface area contributed by atoms with Gasteiger partial charge in [-0.15, -0.1) is 0 Å². The minimum absolute atomic E-state index is 0.0263. The number of aryl methyl sites for hydroxylation is 1. The quantitative estimate of drug-likeness (QED) is 0.187. The Morgan fingerprint density at radius 2 is 1.66 bits per heavy atom. The molecule has 4 aliphatic heterocycles. The summed E-state index contributed by atoms with van der Waals surface area (Å²) >= 11 is 0. The summed E-state index contributed by atoms with van der Waals surface area (Å²) in [6.07, 6.45) is 10.1. The molecule has 1 aliphatic carbocycles. The number of nitrogens with one attached hydrogen (secondary N) is 3. The maximum Gasteiger partial charge on any atom is 0.270 e. The Balaban J connectivity index is 0.707. The molecule has 0 spiro atoms. The van der Waals surface area contributed by atoms with Gasteiger partial charge in [0.1, 0.15) is 29.4 Å². The fraction of sp³-hybridized carbons (Fsp3) is 0.500. The van der Waals surface area contributed by atoms with Crippen molar-refractivity contribution in [2.75, 3.05) is 49.5 Å². The predicted molar refractivity (Wildman–Crippen MR) is 214 cm³/mol. The Bertz CT molecular complexity index is 2310. The van der Waals surface area contributed by atoms with E-state index >= 15 is 4.39 Å². The van der Waals surface area contributed by atoms with Crippen LogP contribution >= 0.6 is 0 Å². The summed E-state index contributed by atoms with van der Waals surface area (Å²) in [5.41, 5.74) is 3.13. The van der Waals surface area contributed by atoms with E-state index in [1.54, 1.807) is 12.4 Å². The SMILES string of the molecule is Cc1cccc(C(=O)NC2CC(n3cnc4c(NCCC5CCN(CC6CCN(c7cc8c(cc7F)C(=O)N(C7CCC(=O)NC7=O)C8=O)CC6)CC5)ncnc43)C2)n1. The van der Waals surface area contributed by atoms with Crippen LogP contribution in [0.4, 0.5) is 15.9 Å². The van der Waals surface area contributed by atoms with Gasteiger partial charge < -0.3 is 25.0 Å². The second kappa shape index (κ2) is 16.1. The van der Waals surface area contributed by atoms with Gasteiger partial charge in [0.2, 0.25) is 11.8 Å². The fourth-order valence-electron chi connectivity index (χ4n) is 9.41. The van der Waals surface area contributed by atoms with Gasteiger partial charge in [-0.25, -0.2) is 24.3 Å². The number of halogens is 1. The van der Waals surface area contributed by atoms with Crippen molar-refractivity contribution >= 4 is 52.2 Å². The lowest BCUT2D eigenvalue weighted by molar-refractivity contribution is -0.136. The van der Waals surface area contributed by atoms with E-state index in [0.29, 0.717) is 36.3 Å². The van der Waals surface area contributed by atoms with Crippen LogP contribution in [0.5, 0.6) is 0 Å². The number of amides is 5. The number of benzene rings is 1. The normalized spacial score (nSPS) is 23.1. The van der Waals surface area contributed by atoms with Gasteiger partial charge in [-0.05, 0) is 107 Å². The first kappa shape index (κ1) is 38.7. The standard InChI is InChI=1S/C42H48FN11O5/c1-24-3-2-4-32(48-24)39(56)49-27-17-28(18-27)53-23-47-36-37(45-22-46-38(36)53)44-12-7-25-8-13-51(14-9-25)21-26-10-15-52(16-11-26)34-20-30-29(19-31(34)43)41(58)54(42(30)59)33-5-6-35(55)50-40(33)57/h2-4,19-20,22-23,25-28,33H,5-18,21H2,1H3,(H,49,56)(H,44,45,46)(H,50,55,57). The van der Waals surface area contributed by atoms with Crippen LogP contribution in [-0.4, -0.2) is 115 Å².